The fourth-order valence-electron chi connectivity index (χ4n) is 2.17. The van der Waals surface area contributed by atoms with Crippen molar-refractivity contribution in [3.63, 3.8) is 0 Å². The van der Waals surface area contributed by atoms with Gasteiger partial charge in [0.2, 0.25) is 0 Å². The van der Waals surface area contributed by atoms with Crippen molar-refractivity contribution in [1.29, 1.82) is 0 Å². The molecule has 101 valence electrons. The summed E-state index contributed by atoms with van der Waals surface area (Å²) in [6, 6.07) is 8.07. The Morgan fingerprint density at radius 2 is 1.11 bits per heavy atom. The van der Waals surface area contributed by atoms with Crippen molar-refractivity contribution < 1.29 is 0 Å². The molecule has 0 aromatic heterocycles. The highest BCUT2D eigenvalue weighted by Gasteiger charge is 2.27. The molecule has 0 unspecified atom stereocenters. The topological polar surface area (TPSA) is 0 Å². The molecule has 0 aliphatic carbocycles. The lowest BCUT2D eigenvalue weighted by Gasteiger charge is -2.32. The van der Waals surface area contributed by atoms with Crippen molar-refractivity contribution in [3.05, 3.63) is 34.9 Å². The van der Waals surface area contributed by atoms with E-state index in [0.717, 1.165) is 0 Å². The monoisotopic (exact) mass is 245 g/mol. The van der Waals surface area contributed by atoms with Gasteiger partial charge in [-0.05, 0) is 39.0 Å². The smallest absolute Gasteiger partial charge is 0.0126 e. The lowest BCUT2D eigenvalue weighted by atomic mass is 9.73. The summed E-state index contributed by atoms with van der Waals surface area (Å²) in [6.45, 7) is 20.5. The van der Waals surface area contributed by atoms with Crippen molar-refractivity contribution in [3.8, 4) is 0 Å². The van der Waals surface area contributed by atoms with Crippen LogP contribution in [0.2, 0.25) is 0 Å². The average molecular weight is 245 g/mol. The molecule has 0 aliphatic heterocycles. The molecular weight excluding hydrogens is 216 g/mol. The molecule has 0 spiro atoms. The average Bonchev–Trinajstić information content (AvgIpc) is 2.12. The van der Waals surface area contributed by atoms with Gasteiger partial charge in [0, 0.05) is 0 Å². The van der Waals surface area contributed by atoms with Gasteiger partial charge < -0.3 is 0 Å². The maximum Gasteiger partial charge on any atom is -0.0126 e. The molecule has 18 heavy (non-hydrogen) atoms. The van der Waals surface area contributed by atoms with Crippen molar-refractivity contribution in [2.45, 2.75) is 78.6 Å². The third kappa shape index (κ3) is 3.37. The van der Waals surface area contributed by atoms with Crippen molar-refractivity contribution in [2.24, 2.45) is 0 Å². The van der Waals surface area contributed by atoms with Crippen LogP contribution in [0.25, 0.3) is 0 Å². The van der Waals surface area contributed by atoms with Crippen LogP contribution >= 0.6 is 0 Å². The molecular formula is C18H29. The molecule has 0 aliphatic rings. The zero-order valence-electron chi connectivity index (χ0n) is 13.7. The van der Waals surface area contributed by atoms with E-state index < -0.39 is 0 Å². The highest BCUT2D eigenvalue weighted by Crippen LogP contribution is 2.36. The molecule has 0 bridgehead atoms. The molecule has 1 aromatic rings. The molecule has 0 heteroatoms. The van der Waals surface area contributed by atoms with Gasteiger partial charge in [0.1, 0.15) is 0 Å². The first-order valence-corrected chi connectivity index (χ1v) is 6.90. The SMILES string of the molecule is CC(C)(C)c1[c]cc(C(C)(C)C)c(C(C)(C)C)c1. The second-order valence-corrected chi connectivity index (χ2v) is 8.42. The van der Waals surface area contributed by atoms with Gasteiger partial charge in [-0.25, -0.2) is 0 Å². The third-order valence-electron chi connectivity index (χ3n) is 3.37. The van der Waals surface area contributed by atoms with Crippen molar-refractivity contribution in [1.82, 2.24) is 0 Å². The van der Waals surface area contributed by atoms with Gasteiger partial charge in [0.25, 0.3) is 0 Å². The first kappa shape index (κ1) is 15.3. The minimum absolute atomic E-state index is 0.163. The van der Waals surface area contributed by atoms with Gasteiger partial charge >= 0.3 is 0 Å². The summed E-state index contributed by atoms with van der Waals surface area (Å²) >= 11 is 0. The van der Waals surface area contributed by atoms with E-state index in [4.69, 9.17) is 0 Å². The Morgan fingerprint density at radius 3 is 1.44 bits per heavy atom. The third-order valence-corrected chi connectivity index (χ3v) is 3.37. The minimum Gasteiger partial charge on any atom is -0.0561 e. The van der Waals surface area contributed by atoms with E-state index in [9.17, 15) is 0 Å². The molecule has 0 saturated carbocycles. The highest BCUT2D eigenvalue weighted by molar-refractivity contribution is 5.41. The van der Waals surface area contributed by atoms with Gasteiger partial charge in [0.15, 0.2) is 0 Å². The summed E-state index contributed by atoms with van der Waals surface area (Å²) in [5.41, 5.74) is 4.70. The standard InChI is InChI=1S/C18H29/c1-16(2,3)13-10-11-14(17(4,5)6)15(12-13)18(7,8)9/h11-12H,1-9H3. The molecule has 0 saturated heterocycles. The molecule has 1 rings (SSSR count). The molecule has 0 amide bonds. The van der Waals surface area contributed by atoms with Crippen LogP contribution in [0, 0.1) is 6.07 Å². The van der Waals surface area contributed by atoms with E-state index in [-0.39, 0.29) is 16.2 Å². The fourth-order valence-corrected chi connectivity index (χ4v) is 2.17. The fraction of sp³-hybridized carbons (Fsp3) is 0.667. The van der Waals surface area contributed by atoms with Crippen molar-refractivity contribution in [2.75, 3.05) is 0 Å². The second-order valence-electron chi connectivity index (χ2n) is 8.42. The van der Waals surface area contributed by atoms with E-state index in [1.807, 2.05) is 0 Å². The summed E-state index contributed by atoms with van der Waals surface area (Å²) in [4.78, 5) is 0. The van der Waals surface area contributed by atoms with Gasteiger partial charge in [-0.3, -0.25) is 0 Å². The molecule has 1 radical (unpaired) electrons. The molecule has 0 N–H and O–H groups in total. The summed E-state index contributed by atoms with van der Waals surface area (Å²) < 4.78 is 0. The van der Waals surface area contributed by atoms with Crippen molar-refractivity contribution >= 4 is 0 Å². The number of hydrogen-bond acceptors (Lipinski definition) is 0. The lowest BCUT2D eigenvalue weighted by Crippen LogP contribution is -2.23. The predicted octanol–water partition coefficient (Wildman–Crippen LogP) is 5.38. The van der Waals surface area contributed by atoms with E-state index in [2.05, 4.69) is 80.5 Å². The lowest BCUT2D eigenvalue weighted by molar-refractivity contribution is 0.522. The van der Waals surface area contributed by atoms with Crippen LogP contribution in [0.4, 0.5) is 0 Å². The summed E-state index contributed by atoms with van der Waals surface area (Å²) in [5.74, 6) is 0. The first-order valence-electron chi connectivity index (χ1n) is 6.90. The van der Waals surface area contributed by atoms with Gasteiger partial charge in [-0.15, -0.1) is 0 Å². The summed E-state index contributed by atoms with van der Waals surface area (Å²) in [5, 5.41) is 0. The molecule has 0 fully saturated rings. The quantitative estimate of drug-likeness (QED) is 0.575. The van der Waals surface area contributed by atoms with Crippen LogP contribution in [0.3, 0.4) is 0 Å². The van der Waals surface area contributed by atoms with E-state index >= 15 is 0 Å². The summed E-state index contributed by atoms with van der Waals surface area (Å²) in [7, 11) is 0. The van der Waals surface area contributed by atoms with Crippen LogP contribution in [-0.2, 0) is 16.2 Å². The Hall–Kier alpha value is -0.780. The Kier molecular flexibility index (Phi) is 3.74. The Bertz CT molecular complexity index is 417. The molecule has 0 nitrogen and oxygen atoms in total. The maximum absolute atomic E-state index is 3.50. The highest BCUT2D eigenvalue weighted by atomic mass is 14.3. The van der Waals surface area contributed by atoms with E-state index in [1.165, 1.54) is 16.7 Å². The van der Waals surface area contributed by atoms with E-state index in [1.54, 1.807) is 0 Å². The number of rotatable bonds is 0. The van der Waals surface area contributed by atoms with E-state index in [0.29, 0.717) is 0 Å². The van der Waals surface area contributed by atoms with Gasteiger partial charge in [0.05, 0.1) is 0 Å². The molecule has 0 heterocycles. The number of benzene rings is 1. The second kappa shape index (κ2) is 4.40. The van der Waals surface area contributed by atoms with Crippen LogP contribution in [-0.4, -0.2) is 0 Å². The van der Waals surface area contributed by atoms with Gasteiger partial charge in [-0.1, -0.05) is 74.4 Å². The molecule has 1 aromatic carbocycles. The maximum atomic E-state index is 3.50. The van der Waals surface area contributed by atoms with Crippen LogP contribution in [0.15, 0.2) is 12.1 Å². The van der Waals surface area contributed by atoms with Crippen LogP contribution in [0.1, 0.15) is 79.0 Å². The zero-order chi connectivity index (χ0) is 14.4. The predicted molar refractivity (Wildman–Crippen MR) is 81.4 cm³/mol. The Labute approximate surface area is 114 Å². The molecule has 0 atom stereocenters. The Morgan fingerprint density at radius 1 is 0.667 bits per heavy atom. The van der Waals surface area contributed by atoms with Crippen LogP contribution < -0.4 is 0 Å². The number of hydrogen-bond donors (Lipinski definition) is 0. The largest absolute Gasteiger partial charge is 0.0561 e. The van der Waals surface area contributed by atoms with Crippen LogP contribution in [0.5, 0.6) is 0 Å². The normalized spacial score (nSPS) is 13.8. The summed E-state index contributed by atoms with van der Waals surface area (Å²) in [6.07, 6.45) is 0. The Balaban J connectivity index is 3.50. The first-order chi connectivity index (χ1) is 7.83. The van der Waals surface area contributed by atoms with Gasteiger partial charge in [-0.2, -0.15) is 0 Å². The minimum atomic E-state index is 0.163. The zero-order valence-corrected chi connectivity index (χ0v) is 13.7.